The Morgan fingerprint density at radius 2 is 1.40 bits per heavy atom. The van der Waals surface area contributed by atoms with Crippen LogP contribution in [-0.4, -0.2) is 87.6 Å². The second kappa shape index (κ2) is 15.5. The molecule has 2 heterocycles. The van der Waals surface area contributed by atoms with Crippen LogP contribution in [0.5, 0.6) is 5.75 Å². The quantitative estimate of drug-likeness (QED) is 0.185. The van der Waals surface area contributed by atoms with Crippen molar-refractivity contribution < 1.29 is 57.1 Å². The fraction of sp³-hybridized carbons (Fsp3) is 0.643. The van der Waals surface area contributed by atoms with Gasteiger partial charge in [0.15, 0.2) is 24.6 Å². The van der Waals surface area contributed by atoms with E-state index < -0.39 is 54.6 Å². The number of esters is 4. The third-order valence-corrected chi connectivity index (χ3v) is 6.21. The minimum atomic E-state index is -1.25. The van der Waals surface area contributed by atoms with Crippen molar-refractivity contribution in [2.24, 2.45) is 5.92 Å². The van der Waals surface area contributed by atoms with Gasteiger partial charge in [-0.25, -0.2) is 0 Å². The Kier molecular flexibility index (Phi) is 12.2. The lowest BCUT2D eigenvalue weighted by atomic mass is 9.98. The average molecular weight is 567 g/mol. The van der Waals surface area contributed by atoms with Crippen LogP contribution >= 0.6 is 0 Å². The summed E-state index contributed by atoms with van der Waals surface area (Å²) >= 11 is 0. The minimum absolute atomic E-state index is 0.235. The van der Waals surface area contributed by atoms with Crippen LogP contribution in [0.1, 0.15) is 46.1 Å². The van der Waals surface area contributed by atoms with E-state index in [1.165, 1.54) is 27.7 Å². The molecule has 2 aliphatic rings. The van der Waals surface area contributed by atoms with Gasteiger partial charge in [-0.3, -0.25) is 19.2 Å². The number of aryl methyl sites for hydroxylation is 1. The Balaban J connectivity index is 1.58. The first-order valence-corrected chi connectivity index (χ1v) is 13.3. The van der Waals surface area contributed by atoms with Crippen LogP contribution in [0, 0.1) is 5.92 Å². The molecule has 2 fully saturated rings. The van der Waals surface area contributed by atoms with Crippen LogP contribution in [0.4, 0.5) is 0 Å². The molecule has 12 nitrogen and oxygen atoms in total. The number of carbonyl (C=O) groups excluding carboxylic acids is 4. The zero-order chi connectivity index (χ0) is 29.1. The molecule has 222 valence electrons. The molecule has 12 heteroatoms. The van der Waals surface area contributed by atoms with E-state index in [-0.39, 0.29) is 13.2 Å². The predicted molar refractivity (Wildman–Crippen MR) is 137 cm³/mol. The van der Waals surface area contributed by atoms with Crippen molar-refractivity contribution in [1.29, 1.82) is 0 Å². The Labute approximate surface area is 233 Å². The highest BCUT2D eigenvalue weighted by Gasteiger charge is 2.52. The summed E-state index contributed by atoms with van der Waals surface area (Å²) in [5.41, 5.74) is 1.15. The fourth-order valence-electron chi connectivity index (χ4n) is 4.30. The van der Waals surface area contributed by atoms with Crippen LogP contribution < -0.4 is 4.74 Å². The Hall–Kier alpha value is -3.22. The summed E-state index contributed by atoms with van der Waals surface area (Å²) in [5.74, 6) is -1.36. The molecule has 0 spiro atoms. The molecule has 0 aromatic heterocycles. The lowest BCUT2D eigenvalue weighted by Gasteiger charge is -2.44. The van der Waals surface area contributed by atoms with Crippen molar-refractivity contribution in [2.75, 3.05) is 33.0 Å². The maximum absolute atomic E-state index is 11.9. The number of ether oxygens (including phenoxy) is 8. The van der Waals surface area contributed by atoms with Crippen molar-refractivity contribution in [3.63, 3.8) is 0 Å². The maximum atomic E-state index is 11.9. The largest absolute Gasteiger partial charge is 0.493 e. The van der Waals surface area contributed by atoms with E-state index in [0.717, 1.165) is 37.4 Å². The minimum Gasteiger partial charge on any atom is -0.493 e. The smallest absolute Gasteiger partial charge is 0.303 e. The number of hydrogen-bond donors (Lipinski definition) is 0. The normalized spacial score (nSPS) is 24.4. The molecule has 0 N–H and O–H groups in total. The monoisotopic (exact) mass is 566 g/mol. The van der Waals surface area contributed by atoms with Crippen LogP contribution in [0.3, 0.4) is 0 Å². The standard InChI is InChI=1S/C28H38O12/c1-17(29)35-16-24-25(37-18(2)30)26(38-19(3)31)27(39-20(4)32)28(40-24)34-12-6-5-7-21-8-10-23(11-9-21)36-15-22-13-33-14-22/h8-11,22,24-28H,5-7,12-16H2,1-4H3. The van der Waals surface area contributed by atoms with Gasteiger partial charge in [0.2, 0.25) is 0 Å². The molecule has 2 aliphatic heterocycles. The Bertz CT molecular complexity index is 990. The number of hydrogen-bond acceptors (Lipinski definition) is 12. The number of benzene rings is 1. The van der Waals surface area contributed by atoms with Gasteiger partial charge in [-0.2, -0.15) is 0 Å². The predicted octanol–water partition coefficient (Wildman–Crippen LogP) is 2.13. The molecule has 2 saturated heterocycles. The molecule has 0 aliphatic carbocycles. The second-order valence-corrected chi connectivity index (χ2v) is 9.75. The van der Waals surface area contributed by atoms with E-state index in [4.69, 9.17) is 37.9 Å². The van der Waals surface area contributed by atoms with Crippen molar-refractivity contribution >= 4 is 23.9 Å². The van der Waals surface area contributed by atoms with E-state index >= 15 is 0 Å². The summed E-state index contributed by atoms with van der Waals surface area (Å²) in [6.45, 7) is 6.82. The van der Waals surface area contributed by atoms with Crippen molar-refractivity contribution in [2.45, 2.75) is 77.7 Å². The van der Waals surface area contributed by atoms with Gasteiger partial charge < -0.3 is 37.9 Å². The summed E-state index contributed by atoms with van der Waals surface area (Å²) in [7, 11) is 0. The number of carbonyl (C=O) groups is 4. The molecule has 1 aromatic carbocycles. The summed E-state index contributed by atoms with van der Waals surface area (Å²) < 4.78 is 44.0. The van der Waals surface area contributed by atoms with E-state index in [0.29, 0.717) is 18.9 Å². The molecule has 0 amide bonds. The van der Waals surface area contributed by atoms with Crippen molar-refractivity contribution in [3.8, 4) is 5.75 Å². The van der Waals surface area contributed by atoms with E-state index in [1.54, 1.807) is 0 Å². The van der Waals surface area contributed by atoms with Gasteiger partial charge in [0, 0.05) is 40.2 Å². The summed E-state index contributed by atoms with van der Waals surface area (Å²) in [4.78, 5) is 47.1. The lowest BCUT2D eigenvalue weighted by Crippen LogP contribution is -2.63. The molecule has 5 atom stereocenters. The lowest BCUT2D eigenvalue weighted by molar-refractivity contribution is -0.308. The third kappa shape index (κ3) is 10.1. The van der Waals surface area contributed by atoms with Gasteiger partial charge in [0.25, 0.3) is 0 Å². The highest BCUT2D eigenvalue weighted by atomic mass is 16.7. The molecular formula is C28H38O12. The Morgan fingerprint density at radius 3 is 1.98 bits per heavy atom. The summed E-state index contributed by atoms with van der Waals surface area (Å²) in [6.07, 6.45) is -3.64. The van der Waals surface area contributed by atoms with Crippen LogP contribution in [-0.2, 0) is 58.8 Å². The van der Waals surface area contributed by atoms with Crippen LogP contribution in [0.15, 0.2) is 24.3 Å². The van der Waals surface area contributed by atoms with E-state index in [9.17, 15) is 19.2 Å². The summed E-state index contributed by atoms with van der Waals surface area (Å²) in [6, 6.07) is 7.94. The molecule has 3 rings (SSSR count). The average Bonchev–Trinajstić information content (AvgIpc) is 2.85. The van der Waals surface area contributed by atoms with Crippen LogP contribution in [0.2, 0.25) is 0 Å². The highest BCUT2D eigenvalue weighted by Crippen LogP contribution is 2.30. The van der Waals surface area contributed by atoms with Gasteiger partial charge in [-0.1, -0.05) is 12.1 Å². The third-order valence-electron chi connectivity index (χ3n) is 6.21. The van der Waals surface area contributed by atoms with Crippen LogP contribution in [0.25, 0.3) is 0 Å². The van der Waals surface area contributed by atoms with Gasteiger partial charge in [0.1, 0.15) is 18.5 Å². The zero-order valence-corrected chi connectivity index (χ0v) is 23.3. The summed E-state index contributed by atoms with van der Waals surface area (Å²) in [5, 5.41) is 0. The van der Waals surface area contributed by atoms with E-state index in [1.807, 2.05) is 24.3 Å². The zero-order valence-electron chi connectivity index (χ0n) is 23.3. The first-order valence-electron chi connectivity index (χ1n) is 13.3. The molecule has 0 saturated carbocycles. The molecule has 40 heavy (non-hydrogen) atoms. The van der Waals surface area contributed by atoms with E-state index in [2.05, 4.69) is 0 Å². The number of unbranched alkanes of at least 4 members (excludes halogenated alkanes) is 1. The maximum Gasteiger partial charge on any atom is 0.303 e. The Morgan fingerprint density at radius 1 is 0.775 bits per heavy atom. The first-order chi connectivity index (χ1) is 19.1. The number of rotatable bonds is 14. The molecule has 5 unspecified atom stereocenters. The topological polar surface area (TPSA) is 142 Å². The fourth-order valence-corrected chi connectivity index (χ4v) is 4.30. The molecular weight excluding hydrogens is 528 g/mol. The van der Waals surface area contributed by atoms with Gasteiger partial charge in [-0.05, 0) is 37.0 Å². The van der Waals surface area contributed by atoms with Gasteiger partial charge >= 0.3 is 23.9 Å². The SMILES string of the molecule is CC(=O)OCC1OC(OCCCCc2ccc(OCC3COC3)cc2)C(OC(C)=O)C(OC(C)=O)C1OC(C)=O. The molecule has 0 bridgehead atoms. The second-order valence-electron chi connectivity index (χ2n) is 9.75. The van der Waals surface area contributed by atoms with Gasteiger partial charge in [-0.15, -0.1) is 0 Å². The first kappa shape index (κ1) is 31.3. The molecule has 0 radical (unpaired) electrons. The van der Waals surface area contributed by atoms with Crippen molar-refractivity contribution in [1.82, 2.24) is 0 Å². The van der Waals surface area contributed by atoms with Crippen molar-refractivity contribution in [3.05, 3.63) is 29.8 Å². The highest BCUT2D eigenvalue weighted by molar-refractivity contribution is 5.68. The molecule has 1 aromatic rings. The van der Waals surface area contributed by atoms with Gasteiger partial charge in [0.05, 0.1) is 19.8 Å².